The second kappa shape index (κ2) is 5.96. The van der Waals surface area contributed by atoms with Gasteiger partial charge in [0.2, 0.25) is 0 Å². The first-order valence-electron chi connectivity index (χ1n) is 6.16. The molecule has 1 atom stereocenters. The number of rotatable bonds is 3. The van der Waals surface area contributed by atoms with Gasteiger partial charge in [-0.2, -0.15) is 0 Å². The van der Waals surface area contributed by atoms with Gasteiger partial charge in [0.05, 0.1) is 6.10 Å². The minimum absolute atomic E-state index is 0.530. The Labute approximate surface area is 123 Å². The SMILES string of the molecule is Cc1cc(C)cc(CC(O)c2cc(Cl)ccc2Cl)c1. The summed E-state index contributed by atoms with van der Waals surface area (Å²) < 4.78 is 0. The van der Waals surface area contributed by atoms with Gasteiger partial charge in [0.25, 0.3) is 0 Å². The second-order valence-electron chi connectivity index (χ2n) is 4.88. The van der Waals surface area contributed by atoms with Crippen molar-refractivity contribution in [2.75, 3.05) is 0 Å². The zero-order chi connectivity index (χ0) is 14.0. The third-order valence-electron chi connectivity index (χ3n) is 3.03. The van der Waals surface area contributed by atoms with E-state index < -0.39 is 6.10 Å². The summed E-state index contributed by atoms with van der Waals surface area (Å²) in [5.41, 5.74) is 4.16. The maximum Gasteiger partial charge on any atom is 0.0845 e. The first-order valence-corrected chi connectivity index (χ1v) is 6.91. The topological polar surface area (TPSA) is 20.2 Å². The summed E-state index contributed by atoms with van der Waals surface area (Å²) in [6.45, 7) is 4.10. The molecule has 3 heteroatoms. The number of aryl methyl sites for hydroxylation is 2. The summed E-state index contributed by atoms with van der Waals surface area (Å²) >= 11 is 12.0. The van der Waals surface area contributed by atoms with Crippen LogP contribution in [0.25, 0.3) is 0 Å². The minimum Gasteiger partial charge on any atom is -0.388 e. The van der Waals surface area contributed by atoms with Crippen LogP contribution in [0.3, 0.4) is 0 Å². The standard InChI is InChI=1S/C16H16Cl2O/c1-10-5-11(2)7-12(6-10)8-16(19)14-9-13(17)3-4-15(14)18/h3-7,9,16,19H,8H2,1-2H3. The Balaban J connectivity index is 2.25. The Kier molecular flexibility index (Phi) is 4.51. The Morgan fingerprint density at radius 3 is 2.26 bits per heavy atom. The van der Waals surface area contributed by atoms with Crippen LogP contribution in [0.5, 0.6) is 0 Å². The molecule has 19 heavy (non-hydrogen) atoms. The molecule has 0 aliphatic rings. The zero-order valence-electron chi connectivity index (χ0n) is 11.0. The molecular weight excluding hydrogens is 279 g/mol. The molecule has 0 radical (unpaired) electrons. The molecule has 0 aliphatic carbocycles. The Morgan fingerprint density at radius 1 is 1.00 bits per heavy atom. The number of aliphatic hydroxyl groups is 1. The summed E-state index contributed by atoms with van der Waals surface area (Å²) in [5.74, 6) is 0. The van der Waals surface area contributed by atoms with Crippen LogP contribution in [0.1, 0.15) is 28.4 Å². The van der Waals surface area contributed by atoms with Crippen molar-refractivity contribution >= 4 is 23.2 Å². The molecule has 0 amide bonds. The van der Waals surface area contributed by atoms with E-state index in [4.69, 9.17) is 23.2 Å². The highest BCUT2D eigenvalue weighted by Crippen LogP contribution is 2.28. The van der Waals surface area contributed by atoms with Gasteiger partial charge in [0.15, 0.2) is 0 Å². The largest absolute Gasteiger partial charge is 0.388 e. The van der Waals surface area contributed by atoms with Gasteiger partial charge < -0.3 is 5.11 Å². The molecule has 1 N–H and O–H groups in total. The maximum atomic E-state index is 10.3. The quantitative estimate of drug-likeness (QED) is 0.855. The number of hydrogen-bond acceptors (Lipinski definition) is 1. The van der Waals surface area contributed by atoms with E-state index in [1.807, 2.05) is 0 Å². The normalized spacial score (nSPS) is 12.5. The van der Waals surface area contributed by atoms with Gasteiger partial charge in [-0.05, 0) is 37.6 Å². The predicted octanol–water partition coefficient (Wildman–Crippen LogP) is 4.89. The van der Waals surface area contributed by atoms with Crippen LogP contribution in [0, 0.1) is 13.8 Å². The highest BCUT2D eigenvalue weighted by atomic mass is 35.5. The van der Waals surface area contributed by atoms with Crippen molar-refractivity contribution in [3.63, 3.8) is 0 Å². The number of aliphatic hydroxyl groups excluding tert-OH is 1. The molecule has 1 unspecified atom stereocenters. The van der Waals surface area contributed by atoms with Crippen LogP contribution in [-0.4, -0.2) is 5.11 Å². The van der Waals surface area contributed by atoms with E-state index in [2.05, 4.69) is 32.0 Å². The minimum atomic E-state index is -0.646. The van der Waals surface area contributed by atoms with E-state index in [0.717, 1.165) is 5.56 Å². The molecule has 2 aromatic rings. The van der Waals surface area contributed by atoms with Crippen molar-refractivity contribution in [3.8, 4) is 0 Å². The average molecular weight is 295 g/mol. The highest BCUT2D eigenvalue weighted by Gasteiger charge is 2.13. The maximum absolute atomic E-state index is 10.3. The first-order chi connectivity index (χ1) is 8.95. The highest BCUT2D eigenvalue weighted by molar-refractivity contribution is 6.33. The molecule has 0 aliphatic heterocycles. The van der Waals surface area contributed by atoms with Gasteiger partial charge >= 0.3 is 0 Å². The summed E-state index contributed by atoms with van der Waals surface area (Å²) in [4.78, 5) is 0. The fourth-order valence-corrected chi connectivity index (χ4v) is 2.71. The van der Waals surface area contributed by atoms with Gasteiger partial charge in [-0.15, -0.1) is 0 Å². The number of halogens is 2. The van der Waals surface area contributed by atoms with Crippen LogP contribution >= 0.6 is 23.2 Å². The number of benzene rings is 2. The summed E-state index contributed by atoms with van der Waals surface area (Å²) in [7, 11) is 0. The summed E-state index contributed by atoms with van der Waals surface area (Å²) in [6.07, 6.45) is -0.116. The van der Waals surface area contributed by atoms with Crippen molar-refractivity contribution in [1.82, 2.24) is 0 Å². The predicted molar refractivity (Wildman–Crippen MR) is 81.0 cm³/mol. The molecule has 2 rings (SSSR count). The summed E-state index contributed by atoms with van der Waals surface area (Å²) in [6, 6.07) is 11.4. The molecule has 100 valence electrons. The lowest BCUT2D eigenvalue weighted by Crippen LogP contribution is -2.03. The molecule has 0 fully saturated rings. The van der Waals surface area contributed by atoms with E-state index >= 15 is 0 Å². The third-order valence-corrected chi connectivity index (χ3v) is 3.61. The third kappa shape index (κ3) is 3.73. The van der Waals surface area contributed by atoms with Gasteiger partial charge in [0, 0.05) is 22.0 Å². The second-order valence-corrected chi connectivity index (χ2v) is 5.73. The van der Waals surface area contributed by atoms with Gasteiger partial charge in [0.1, 0.15) is 0 Å². The fraction of sp³-hybridized carbons (Fsp3) is 0.250. The van der Waals surface area contributed by atoms with Crippen LogP contribution in [0.4, 0.5) is 0 Å². The van der Waals surface area contributed by atoms with Crippen molar-refractivity contribution in [2.24, 2.45) is 0 Å². The van der Waals surface area contributed by atoms with Gasteiger partial charge in [-0.25, -0.2) is 0 Å². The Bertz CT molecular complexity index is 573. The lowest BCUT2D eigenvalue weighted by molar-refractivity contribution is 0.178. The van der Waals surface area contributed by atoms with Crippen molar-refractivity contribution in [1.29, 1.82) is 0 Å². The first kappa shape index (κ1) is 14.4. The Hall–Kier alpha value is -1.02. The average Bonchev–Trinajstić information content (AvgIpc) is 2.30. The van der Waals surface area contributed by atoms with E-state index in [-0.39, 0.29) is 0 Å². The molecule has 2 aromatic carbocycles. The monoisotopic (exact) mass is 294 g/mol. The van der Waals surface area contributed by atoms with Gasteiger partial charge in [-0.3, -0.25) is 0 Å². The molecule has 0 spiro atoms. The van der Waals surface area contributed by atoms with Crippen LogP contribution in [-0.2, 0) is 6.42 Å². The lowest BCUT2D eigenvalue weighted by atomic mass is 9.98. The van der Waals surface area contributed by atoms with E-state index in [0.29, 0.717) is 22.0 Å². The molecule has 0 heterocycles. The molecule has 0 saturated carbocycles. The Morgan fingerprint density at radius 2 is 1.63 bits per heavy atom. The van der Waals surface area contributed by atoms with Crippen LogP contribution in [0.15, 0.2) is 36.4 Å². The van der Waals surface area contributed by atoms with Crippen molar-refractivity contribution < 1.29 is 5.11 Å². The zero-order valence-corrected chi connectivity index (χ0v) is 12.5. The summed E-state index contributed by atoms with van der Waals surface area (Å²) in [5, 5.41) is 11.4. The van der Waals surface area contributed by atoms with Crippen molar-refractivity contribution in [2.45, 2.75) is 26.4 Å². The molecular formula is C16H16Cl2O. The molecule has 0 saturated heterocycles. The molecule has 1 nitrogen and oxygen atoms in total. The van der Waals surface area contributed by atoms with E-state index in [1.54, 1.807) is 18.2 Å². The number of hydrogen-bond donors (Lipinski definition) is 1. The smallest absolute Gasteiger partial charge is 0.0845 e. The molecule has 0 bridgehead atoms. The van der Waals surface area contributed by atoms with E-state index in [9.17, 15) is 5.11 Å². The van der Waals surface area contributed by atoms with E-state index in [1.165, 1.54) is 11.1 Å². The van der Waals surface area contributed by atoms with Crippen LogP contribution in [0.2, 0.25) is 10.0 Å². The fourth-order valence-electron chi connectivity index (χ4n) is 2.29. The van der Waals surface area contributed by atoms with Crippen molar-refractivity contribution in [3.05, 3.63) is 68.7 Å². The molecule has 0 aromatic heterocycles. The lowest BCUT2D eigenvalue weighted by Gasteiger charge is -2.14. The van der Waals surface area contributed by atoms with Crippen LogP contribution < -0.4 is 0 Å². The van der Waals surface area contributed by atoms with Gasteiger partial charge in [-0.1, -0.05) is 52.5 Å².